The van der Waals surface area contributed by atoms with Crippen molar-refractivity contribution in [3.05, 3.63) is 0 Å². The number of hydrogen-bond donors (Lipinski definition) is 2. The van der Waals surface area contributed by atoms with Gasteiger partial charge in [-0.05, 0) is 45.1 Å². The number of rotatable bonds is 3. The van der Waals surface area contributed by atoms with E-state index in [1.54, 1.807) is 0 Å². The molecule has 0 aromatic heterocycles. The summed E-state index contributed by atoms with van der Waals surface area (Å²) in [6.45, 7) is 4.13. The van der Waals surface area contributed by atoms with E-state index < -0.39 is 5.60 Å². The highest BCUT2D eigenvalue weighted by Gasteiger charge is 2.35. The van der Waals surface area contributed by atoms with Gasteiger partial charge in [-0.2, -0.15) is 0 Å². The summed E-state index contributed by atoms with van der Waals surface area (Å²) >= 11 is 0. The zero-order valence-electron chi connectivity index (χ0n) is 10.5. The largest absolute Gasteiger partial charge is 0.388 e. The predicted molar refractivity (Wildman–Crippen MR) is 66.2 cm³/mol. The quantitative estimate of drug-likeness (QED) is 0.764. The Balaban J connectivity index is 1.97. The van der Waals surface area contributed by atoms with Gasteiger partial charge in [0.25, 0.3) is 0 Å². The number of β-amino-alcohol motifs (C(OH)–C–C–N with tert-alkyl or cyclic N) is 1. The van der Waals surface area contributed by atoms with Gasteiger partial charge in [0, 0.05) is 19.1 Å². The van der Waals surface area contributed by atoms with Gasteiger partial charge in [-0.3, -0.25) is 4.90 Å². The van der Waals surface area contributed by atoms with Crippen LogP contribution in [0, 0.1) is 5.92 Å². The molecular formula is C13H26N2O. The molecule has 0 aromatic carbocycles. The van der Waals surface area contributed by atoms with Gasteiger partial charge < -0.3 is 10.8 Å². The monoisotopic (exact) mass is 226 g/mol. The molecule has 0 bridgehead atoms. The summed E-state index contributed by atoms with van der Waals surface area (Å²) in [6.07, 6.45) is 8.18. The van der Waals surface area contributed by atoms with Crippen LogP contribution in [0.25, 0.3) is 0 Å². The third-order valence-corrected chi connectivity index (χ3v) is 4.34. The minimum absolute atomic E-state index is 0.362. The summed E-state index contributed by atoms with van der Waals surface area (Å²) in [5.41, 5.74) is 4.91. The second-order valence-electron chi connectivity index (χ2n) is 5.93. The standard InChI is InChI=1S/C13H26N2O/c1-13(16,9-14)10-15-8-4-6-11-5-2-3-7-12(11)15/h11-12,16H,2-10,14H2,1H3/t11-,12-,13?/m1/s1. The Morgan fingerprint density at radius 2 is 1.94 bits per heavy atom. The van der Waals surface area contributed by atoms with E-state index in [0.29, 0.717) is 6.54 Å². The molecule has 1 unspecified atom stereocenters. The van der Waals surface area contributed by atoms with Crippen LogP contribution in [0.2, 0.25) is 0 Å². The SMILES string of the molecule is CC(O)(CN)CN1CCC[C@H]2CCCC[C@H]21. The fourth-order valence-corrected chi connectivity index (χ4v) is 3.43. The van der Waals surface area contributed by atoms with Gasteiger partial charge in [0.2, 0.25) is 0 Å². The van der Waals surface area contributed by atoms with E-state index in [4.69, 9.17) is 5.73 Å². The van der Waals surface area contributed by atoms with Gasteiger partial charge in [0.15, 0.2) is 0 Å². The lowest BCUT2D eigenvalue weighted by atomic mass is 9.78. The van der Waals surface area contributed by atoms with Gasteiger partial charge in [0.05, 0.1) is 5.60 Å². The molecule has 3 N–H and O–H groups in total. The molecule has 2 aliphatic rings. The minimum Gasteiger partial charge on any atom is -0.388 e. The first kappa shape index (κ1) is 12.3. The topological polar surface area (TPSA) is 49.5 Å². The number of likely N-dealkylation sites (tertiary alicyclic amines) is 1. The molecule has 0 radical (unpaired) electrons. The Kier molecular flexibility index (Phi) is 3.88. The maximum Gasteiger partial charge on any atom is 0.0867 e. The Hall–Kier alpha value is -0.120. The van der Waals surface area contributed by atoms with Gasteiger partial charge in [-0.15, -0.1) is 0 Å². The van der Waals surface area contributed by atoms with Gasteiger partial charge in [-0.1, -0.05) is 12.8 Å². The first-order valence-electron chi connectivity index (χ1n) is 6.79. The molecule has 0 amide bonds. The first-order chi connectivity index (χ1) is 7.62. The van der Waals surface area contributed by atoms with E-state index in [1.807, 2.05) is 6.92 Å². The Labute approximate surface area is 99.0 Å². The van der Waals surface area contributed by atoms with Crippen LogP contribution < -0.4 is 5.73 Å². The van der Waals surface area contributed by atoms with Crippen LogP contribution in [-0.2, 0) is 0 Å². The maximum atomic E-state index is 10.1. The van der Waals surface area contributed by atoms with Crippen molar-refractivity contribution in [1.82, 2.24) is 4.90 Å². The van der Waals surface area contributed by atoms with Crippen molar-refractivity contribution in [3.8, 4) is 0 Å². The Morgan fingerprint density at radius 1 is 1.25 bits per heavy atom. The third-order valence-electron chi connectivity index (χ3n) is 4.34. The number of piperidine rings is 1. The number of aliphatic hydroxyl groups is 1. The van der Waals surface area contributed by atoms with E-state index in [-0.39, 0.29) is 0 Å². The zero-order chi connectivity index (χ0) is 11.6. The normalized spacial score (nSPS) is 35.4. The lowest BCUT2D eigenvalue weighted by molar-refractivity contribution is -0.0218. The van der Waals surface area contributed by atoms with E-state index >= 15 is 0 Å². The summed E-state index contributed by atoms with van der Waals surface area (Å²) in [4.78, 5) is 2.50. The lowest BCUT2D eigenvalue weighted by Crippen LogP contribution is -2.54. The molecule has 3 nitrogen and oxygen atoms in total. The lowest BCUT2D eigenvalue weighted by Gasteiger charge is -2.46. The summed E-state index contributed by atoms with van der Waals surface area (Å²) in [7, 11) is 0. The summed E-state index contributed by atoms with van der Waals surface area (Å²) in [5.74, 6) is 0.885. The molecule has 16 heavy (non-hydrogen) atoms. The van der Waals surface area contributed by atoms with Crippen molar-refractivity contribution < 1.29 is 5.11 Å². The highest BCUT2D eigenvalue weighted by atomic mass is 16.3. The number of fused-ring (bicyclic) bond motifs is 1. The predicted octanol–water partition coefficient (Wildman–Crippen LogP) is 1.35. The van der Waals surface area contributed by atoms with Gasteiger partial charge in [0.1, 0.15) is 0 Å². The second kappa shape index (κ2) is 5.03. The molecule has 1 heterocycles. The molecular weight excluding hydrogens is 200 g/mol. The molecule has 2 rings (SSSR count). The molecule has 94 valence electrons. The van der Waals surface area contributed by atoms with Crippen LogP contribution in [0.15, 0.2) is 0 Å². The van der Waals surface area contributed by atoms with Crippen molar-refractivity contribution >= 4 is 0 Å². The van der Waals surface area contributed by atoms with E-state index in [9.17, 15) is 5.11 Å². The van der Waals surface area contributed by atoms with Gasteiger partial charge in [-0.25, -0.2) is 0 Å². The smallest absolute Gasteiger partial charge is 0.0867 e. The summed E-state index contributed by atoms with van der Waals surface area (Å²) in [5, 5.41) is 10.1. The molecule has 0 aromatic rings. The van der Waals surface area contributed by atoms with Crippen molar-refractivity contribution in [2.45, 2.75) is 57.1 Å². The van der Waals surface area contributed by atoms with Crippen LogP contribution in [0.5, 0.6) is 0 Å². The van der Waals surface area contributed by atoms with Crippen molar-refractivity contribution in [1.29, 1.82) is 0 Å². The summed E-state index contributed by atoms with van der Waals surface area (Å²) in [6, 6.07) is 0.723. The fraction of sp³-hybridized carbons (Fsp3) is 1.00. The van der Waals surface area contributed by atoms with Crippen LogP contribution in [-0.4, -0.2) is 41.3 Å². The molecule has 1 saturated heterocycles. The molecule has 1 saturated carbocycles. The molecule has 3 atom stereocenters. The number of hydrogen-bond acceptors (Lipinski definition) is 3. The molecule has 1 aliphatic carbocycles. The van der Waals surface area contributed by atoms with Gasteiger partial charge >= 0.3 is 0 Å². The van der Waals surface area contributed by atoms with Crippen LogP contribution >= 0.6 is 0 Å². The van der Waals surface area contributed by atoms with E-state index in [2.05, 4.69) is 4.90 Å². The molecule has 1 aliphatic heterocycles. The van der Waals surface area contributed by atoms with Crippen molar-refractivity contribution in [3.63, 3.8) is 0 Å². The maximum absolute atomic E-state index is 10.1. The highest BCUT2D eigenvalue weighted by Crippen LogP contribution is 2.35. The highest BCUT2D eigenvalue weighted by molar-refractivity contribution is 4.90. The third kappa shape index (κ3) is 2.76. The number of nitrogens with zero attached hydrogens (tertiary/aromatic N) is 1. The van der Waals surface area contributed by atoms with Crippen LogP contribution in [0.4, 0.5) is 0 Å². The Bertz CT molecular complexity index is 228. The van der Waals surface area contributed by atoms with Crippen molar-refractivity contribution in [2.75, 3.05) is 19.6 Å². The van der Waals surface area contributed by atoms with Crippen molar-refractivity contribution in [2.24, 2.45) is 11.7 Å². The number of nitrogens with two attached hydrogens (primary N) is 1. The second-order valence-corrected chi connectivity index (χ2v) is 5.93. The Morgan fingerprint density at radius 3 is 2.69 bits per heavy atom. The molecule has 2 fully saturated rings. The van der Waals surface area contributed by atoms with E-state index in [1.165, 1.54) is 38.5 Å². The average molecular weight is 226 g/mol. The first-order valence-corrected chi connectivity index (χ1v) is 6.79. The minimum atomic E-state index is -0.709. The van der Waals surface area contributed by atoms with Crippen LogP contribution in [0.3, 0.4) is 0 Å². The molecule has 3 heteroatoms. The fourth-order valence-electron chi connectivity index (χ4n) is 3.43. The molecule has 0 spiro atoms. The van der Waals surface area contributed by atoms with Crippen LogP contribution in [0.1, 0.15) is 45.4 Å². The average Bonchev–Trinajstić information content (AvgIpc) is 2.29. The zero-order valence-corrected chi connectivity index (χ0v) is 10.5. The van der Waals surface area contributed by atoms with E-state index in [0.717, 1.165) is 25.0 Å². The summed E-state index contributed by atoms with van der Waals surface area (Å²) < 4.78 is 0.